The fourth-order valence-corrected chi connectivity index (χ4v) is 4.34. The van der Waals surface area contributed by atoms with Gasteiger partial charge in [0.25, 0.3) is 5.91 Å². The normalized spacial score (nSPS) is 13.1. The number of hydrogen-bond acceptors (Lipinski definition) is 7. The van der Waals surface area contributed by atoms with Crippen molar-refractivity contribution in [3.8, 4) is 11.4 Å². The molecule has 1 fully saturated rings. The van der Waals surface area contributed by atoms with Gasteiger partial charge in [-0.15, -0.1) is 0 Å². The van der Waals surface area contributed by atoms with E-state index in [2.05, 4.69) is 20.5 Å². The van der Waals surface area contributed by atoms with Crippen molar-refractivity contribution in [2.45, 2.75) is 0 Å². The molecule has 0 spiro atoms. The number of benzene rings is 3. The van der Waals surface area contributed by atoms with Crippen molar-refractivity contribution >= 4 is 46.0 Å². The van der Waals surface area contributed by atoms with Crippen LogP contribution in [0.1, 0.15) is 20.7 Å². The molecule has 3 amide bonds. The Balaban J connectivity index is 1.35. The van der Waals surface area contributed by atoms with E-state index in [1.54, 1.807) is 80.8 Å². The zero-order valence-corrected chi connectivity index (χ0v) is 22.0. The fourth-order valence-electron chi connectivity index (χ4n) is 4.34. The number of anilines is 3. The second-order valence-corrected chi connectivity index (χ2v) is 9.44. The molecule has 1 saturated heterocycles. The van der Waals surface area contributed by atoms with Gasteiger partial charge in [-0.2, -0.15) is 0 Å². The van der Waals surface area contributed by atoms with Crippen molar-refractivity contribution in [2.75, 3.05) is 55.9 Å². The average molecular weight is 541 g/mol. The Bertz CT molecular complexity index is 1560. The number of nitrogens with one attached hydrogen (secondary N) is 2. The first-order valence-electron chi connectivity index (χ1n) is 12.7. The second-order valence-electron chi connectivity index (χ2n) is 9.44. The lowest BCUT2D eigenvalue weighted by molar-refractivity contribution is 0.0696. The van der Waals surface area contributed by atoms with Gasteiger partial charge in [-0.3, -0.25) is 4.79 Å². The van der Waals surface area contributed by atoms with Crippen LogP contribution < -0.4 is 15.5 Å². The summed E-state index contributed by atoms with van der Waals surface area (Å²) in [5.41, 5.74) is 3.02. The van der Waals surface area contributed by atoms with Crippen LogP contribution >= 0.6 is 0 Å². The number of fused-ring (bicyclic) bond motifs is 1. The Hall–Kier alpha value is -5.03. The highest BCUT2D eigenvalue weighted by molar-refractivity contribution is 6.01. The summed E-state index contributed by atoms with van der Waals surface area (Å²) >= 11 is 0. The number of aromatic carboxylic acids is 1. The Kier molecular flexibility index (Phi) is 7.56. The van der Waals surface area contributed by atoms with Crippen LogP contribution in [0.15, 0.2) is 66.7 Å². The monoisotopic (exact) mass is 540 g/mol. The third kappa shape index (κ3) is 5.84. The number of carboxylic acid groups (broad SMARTS) is 1. The molecule has 0 atom stereocenters. The summed E-state index contributed by atoms with van der Waals surface area (Å²) in [6, 6.07) is 18.1. The molecule has 11 heteroatoms. The van der Waals surface area contributed by atoms with Crippen LogP contribution in [0.5, 0.6) is 0 Å². The van der Waals surface area contributed by atoms with Crippen molar-refractivity contribution in [2.24, 2.45) is 0 Å². The topological polar surface area (TPSA) is 137 Å². The number of morpholine rings is 1. The largest absolute Gasteiger partial charge is 0.478 e. The first-order valence-corrected chi connectivity index (χ1v) is 12.7. The number of ether oxygens (including phenoxy) is 1. The SMILES string of the molecule is CN(C)C(=O)c1ccc(NC(=O)Nc2ccc(-c3nc(N4CCOCC4)c4ccc(C(=O)O)cc4n3)cc2)cc1. The van der Waals surface area contributed by atoms with Crippen LogP contribution in [-0.2, 0) is 4.74 Å². The molecule has 3 N–H and O–H groups in total. The molecule has 1 aliphatic rings. The van der Waals surface area contributed by atoms with Gasteiger partial charge in [-0.05, 0) is 66.7 Å². The van der Waals surface area contributed by atoms with E-state index >= 15 is 0 Å². The maximum absolute atomic E-state index is 12.5. The molecule has 5 rings (SSSR count). The van der Waals surface area contributed by atoms with Crippen molar-refractivity contribution < 1.29 is 24.2 Å². The summed E-state index contributed by atoms with van der Waals surface area (Å²) in [5, 5.41) is 15.8. The summed E-state index contributed by atoms with van der Waals surface area (Å²) in [6.45, 7) is 2.49. The van der Waals surface area contributed by atoms with Crippen LogP contribution in [-0.4, -0.2) is 78.3 Å². The van der Waals surface area contributed by atoms with E-state index in [4.69, 9.17) is 9.72 Å². The fraction of sp³-hybridized carbons (Fsp3) is 0.207. The number of carbonyl (C=O) groups excluding carboxylic acids is 2. The highest BCUT2D eigenvalue weighted by Gasteiger charge is 2.19. The highest BCUT2D eigenvalue weighted by atomic mass is 16.5. The smallest absolute Gasteiger partial charge is 0.335 e. The number of carboxylic acids is 1. The highest BCUT2D eigenvalue weighted by Crippen LogP contribution is 2.29. The summed E-state index contributed by atoms with van der Waals surface area (Å²) < 4.78 is 5.49. The van der Waals surface area contributed by atoms with Gasteiger partial charge < -0.3 is 30.3 Å². The first kappa shape index (κ1) is 26.6. The number of aromatic nitrogens is 2. The van der Waals surface area contributed by atoms with Crippen molar-refractivity contribution in [3.05, 3.63) is 77.9 Å². The molecule has 0 radical (unpaired) electrons. The molecule has 0 aliphatic carbocycles. The van der Waals surface area contributed by atoms with Gasteiger partial charge in [0, 0.05) is 55.1 Å². The molecule has 1 aromatic heterocycles. The van der Waals surface area contributed by atoms with Crippen LogP contribution in [0.3, 0.4) is 0 Å². The minimum atomic E-state index is -1.03. The predicted octanol–water partition coefficient (Wildman–Crippen LogP) is 4.18. The molecule has 4 aromatic rings. The number of amides is 3. The molecule has 0 bridgehead atoms. The molecular formula is C29H28N6O5. The van der Waals surface area contributed by atoms with Gasteiger partial charge in [0.2, 0.25) is 0 Å². The quantitative estimate of drug-likeness (QED) is 0.331. The minimum Gasteiger partial charge on any atom is -0.478 e. The van der Waals surface area contributed by atoms with Crippen LogP contribution in [0, 0.1) is 0 Å². The Morgan fingerprint density at radius 3 is 2.05 bits per heavy atom. The first-order chi connectivity index (χ1) is 19.3. The molecule has 0 unspecified atom stereocenters. The Morgan fingerprint density at radius 2 is 1.45 bits per heavy atom. The van der Waals surface area contributed by atoms with Gasteiger partial charge in [0.15, 0.2) is 5.82 Å². The van der Waals surface area contributed by atoms with E-state index in [1.165, 1.54) is 4.90 Å². The van der Waals surface area contributed by atoms with Crippen LogP contribution in [0.2, 0.25) is 0 Å². The molecule has 11 nitrogen and oxygen atoms in total. The summed E-state index contributed by atoms with van der Waals surface area (Å²) in [6.07, 6.45) is 0. The summed E-state index contributed by atoms with van der Waals surface area (Å²) in [5.74, 6) is 0.0209. The van der Waals surface area contributed by atoms with E-state index in [0.29, 0.717) is 60.1 Å². The van der Waals surface area contributed by atoms with Crippen molar-refractivity contribution in [1.82, 2.24) is 14.9 Å². The van der Waals surface area contributed by atoms with E-state index < -0.39 is 12.0 Å². The van der Waals surface area contributed by atoms with Gasteiger partial charge in [-0.25, -0.2) is 19.6 Å². The summed E-state index contributed by atoms with van der Waals surface area (Å²) in [7, 11) is 3.36. The predicted molar refractivity (Wildman–Crippen MR) is 152 cm³/mol. The van der Waals surface area contributed by atoms with Gasteiger partial charge in [-0.1, -0.05) is 0 Å². The minimum absolute atomic E-state index is 0.120. The molecule has 0 saturated carbocycles. The maximum Gasteiger partial charge on any atom is 0.335 e. The van der Waals surface area contributed by atoms with Crippen molar-refractivity contribution in [3.63, 3.8) is 0 Å². The van der Waals surface area contributed by atoms with E-state index in [-0.39, 0.29) is 11.5 Å². The lowest BCUT2D eigenvalue weighted by Crippen LogP contribution is -2.37. The van der Waals surface area contributed by atoms with E-state index in [9.17, 15) is 19.5 Å². The number of nitrogens with zero attached hydrogens (tertiary/aromatic N) is 4. The third-order valence-electron chi connectivity index (χ3n) is 6.43. The van der Waals surface area contributed by atoms with Crippen molar-refractivity contribution in [1.29, 1.82) is 0 Å². The zero-order valence-electron chi connectivity index (χ0n) is 22.0. The number of carbonyl (C=O) groups is 3. The lowest BCUT2D eigenvalue weighted by atomic mass is 10.1. The number of rotatable bonds is 6. The van der Waals surface area contributed by atoms with Crippen LogP contribution in [0.25, 0.3) is 22.3 Å². The van der Waals surface area contributed by atoms with Gasteiger partial charge in [0.1, 0.15) is 5.82 Å². The van der Waals surface area contributed by atoms with Crippen LogP contribution in [0.4, 0.5) is 22.0 Å². The standard InChI is InChI=1S/C29H28N6O5/c1-34(2)27(36)19-5-10-22(11-6-19)31-29(39)30-21-8-3-18(4-9-21)25-32-24-17-20(28(37)38)7-12-23(24)26(33-25)35-13-15-40-16-14-35/h3-12,17H,13-16H2,1-2H3,(H,37,38)(H2,30,31,39). The van der Waals surface area contributed by atoms with E-state index in [1.807, 2.05) is 0 Å². The molecule has 2 heterocycles. The van der Waals surface area contributed by atoms with E-state index in [0.717, 1.165) is 11.2 Å². The number of urea groups is 1. The van der Waals surface area contributed by atoms with Gasteiger partial charge in [0.05, 0.1) is 24.3 Å². The summed E-state index contributed by atoms with van der Waals surface area (Å²) in [4.78, 5) is 49.2. The molecule has 1 aliphatic heterocycles. The van der Waals surface area contributed by atoms with Gasteiger partial charge >= 0.3 is 12.0 Å². The second kappa shape index (κ2) is 11.4. The molecule has 40 heavy (non-hydrogen) atoms. The molecular weight excluding hydrogens is 512 g/mol. The Labute approximate surface area is 230 Å². The maximum atomic E-state index is 12.5. The number of hydrogen-bond donors (Lipinski definition) is 3. The third-order valence-corrected chi connectivity index (χ3v) is 6.43. The zero-order chi connectivity index (χ0) is 28.2. The Morgan fingerprint density at radius 1 is 0.850 bits per heavy atom. The average Bonchev–Trinajstić information content (AvgIpc) is 2.97. The molecule has 204 valence electrons. The molecule has 3 aromatic carbocycles. The lowest BCUT2D eigenvalue weighted by Gasteiger charge is -2.29.